The van der Waals surface area contributed by atoms with E-state index in [0.29, 0.717) is 6.04 Å². The van der Waals surface area contributed by atoms with Crippen molar-refractivity contribution in [3.63, 3.8) is 0 Å². The molecule has 0 amide bonds. The summed E-state index contributed by atoms with van der Waals surface area (Å²) in [5.74, 6) is 2.71. The van der Waals surface area contributed by atoms with Crippen molar-refractivity contribution in [2.24, 2.45) is 0 Å². The molecular formula is C13H19N3S. The van der Waals surface area contributed by atoms with Gasteiger partial charge < -0.3 is 5.32 Å². The lowest BCUT2D eigenvalue weighted by Crippen LogP contribution is -2.43. The highest BCUT2D eigenvalue weighted by molar-refractivity contribution is 7.07. The van der Waals surface area contributed by atoms with E-state index < -0.39 is 0 Å². The molecule has 0 radical (unpaired) electrons. The molecule has 0 saturated carbocycles. The van der Waals surface area contributed by atoms with Gasteiger partial charge >= 0.3 is 0 Å². The second-order valence-corrected chi connectivity index (χ2v) is 5.16. The molecule has 1 saturated heterocycles. The summed E-state index contributed by atoms with van der Waals surface area (Å²) >= 11 is 1.67. The molecule has 2 rings (SSSR count). The molecule has 2 heterocycles. The second kappa shape index (κ2) is 6.75. The summed E-state index contributed by atoms with van der Waals surface area (Å²) in [6.07, 6.45) is 8.77. The van der Waals surface area contributed by atoms with Crippen molar-refractivity contribution in [1.29, 1.82) is 0 Å². The van der Waals surface area contributed by atoms with Gasteiger partial charge in [-0.05, 0) is 12.8 Å². The summed E-state index contributed by atoms with van der Waals surface area (Å²) < 4.78 is 0. The minimum absolute atomic E-state index is 0.655. The molecule has 4 heteroatoms. The third-order valence-electron chi connectivity index (χ3n) is 3.20. The minimum Gasteiger partial charge on any atom is -0.313 e. The second-order valence-electron chi connectivity index (χ2n) is 4.44. The first-order valence-corrected chi connectivity index (χ1v) is 7.09. The maximum absolute atomic E-state index is 5.32. The quantitative estimate of drug-likeness (QED) is 0.799. The van der Waals surface area contributed by atoms with Gasteiger partial charge in [-0.2, -0.15) is 0 Å². The standard InChI is InChI=1S/C13H19N3S/c1-2-7-16-8-4-12(5-9-16)14-6-3-13-10-17-11-15-13/h1,10-12,14H,3-9H2. The smallest absolute Gasteiger partial charge is 0.0794 e. The zero-order valence-corrected chi connectivity index (χ0v) is 10.9. The number of aromatic nitrogens is 1. The van der Waals surface area contributed by atoms with Gasteiger partial charge in [-0.1, -0.05) is 5.92 Å². The number of nitrogens with zero attached hydrogens (tertiary/aromatic N) is 2. The van der Waals surface area contributed by atoms with Crippen LogP contribution < -0.4 is 5.32 Å². The number of piperidine rings is 1. The van der Waals surface area contributed by atoms with E-state index >= 15 is 0 Å². The number of terminal acetylenes is 1. The Balaban J connectivity index is 1.60. The zero-order chi connectivity index (χ0) is 11.9. The topological polar surface area (TPSA) is 28.2 Å². The van der Waals surface area contributed by atoms with Crippen molar-refractivity contribution in [2.75, 3.05) is 26.2 Å². The molecule has 1 N–H and O–H groups in total. The Bertz CT molecular complexity index is 347. The first-order valence-electron chi connectivity index (χ1n) is 6.15. The number of hydrogen-bond donors (Lipinski definition) is 1. The normalized spacial score (nSPS) is 18.1. The molecule has 0 aromatic carbocycles. The van der Waals surface area contributed by atoms with Crippen LogP contribution in [0.3, 0.4) is 0 Å². The molecule has 1 fully saturated rings. The SMILES string of the molecule is C#CCN1CCC(NCCc2cscn2)CC1. The summed E-state index contributed by atoms with van der Waals surface area (Å²) in [6.45, 7) is 4.08. The van der Waals surface area contributed by atoms with E-state index in [1.165, 1.54) is 18.5 Å². The molecule has 0 atom stereocenters. The molecule has 0 bridgehead atoms. The molecule has 3 nitrogen and oxygen atoms in total. The molecule has 1 aromatic heterocycles. The van der Waals surface area contributed by atoms with Crippen molar-refractivity contribution in [2.45, 2.75) is 25.3 Å². The van der Waals surface area contributed by atoms with Gasteiger partial charge in [0.2, 0.25) is 0 Å². The Hall–Kier alpha value is -0.890. The van der Waals surface area contributed by atoms with E-state index in [-0.39, 0.29) is 0 Å². The van der Waals surface area contributed by atoms with E-state index in [0.717, 1.165) is 32.6 Å². The Morgan fingerprint density at radius 1 is 1.53 bits per heavy atom. The van der Waals surface area contributed by atoms with Crippen LogP contribution in [0.15, 0.2) is 10.9 Å². The highest BCUT2D eigenvalue weighted by Crippen LogP contribution is 2.09. The summed E-state index contributed by atoms with van der Waals surface area (Å²) in [7, 11) is 0. The largest absolute Gasteiger partial charge is 0.313 e. The van der Waals surface area contributed by atoms with Gasteiger partial charge in [0.05, 0.1) is 17.7 Å². The Morgan fingerprint density at radius 2 is 2.35 bits per heavy atom. The van der Waals surface area contributed by atoms with Gasteiger partial charge in [0.25, 0.3) is 0 Å². The van der Waals surface area contributed by atoms with Crippen LogP contribution in [-0.4, -0.2) is 42.1 Å². The lowest BCUT2D eigenvalue weighted by atomic mass is 10.0. The van der Waals surface area contributed by atoms with Gasteiger partial charge in [-0.3, -0.25) is 4.90 Å². The van der Waals surface area contributed by atoms with Crippen LogP contribution in [0.1, 0.15) is 18.5 Å². The lowest BCUT2D eigenvalue weighted by Gasteiger charge is -2.31. The number of hydrogen-bond acceptors (Lipinski definition) is 4. The molecule has 1 aliphatic heterocycles. The summed E-state index contributed by atoms with van der Waals surface area (Å²) in [4.78, 5) is 6.63. The zero-order valence-electron chi connectivity index (χ0n) is 10.1. The molecular weight excluding hydrogens is 230 g/mol. The van der Waals surface area contributed by atoms with Gasteiger partial charge in [0.1, 0.15) is 0 Å². The van der Waals surface area contributed by atoms with E-state index in [4.69, 9.17) is 6.42 Å². The number of nitrogens with one attached hydrogen (secondary N) is 1. The molecule has 0 unspecified atom stereocenters. The molecule has 1 aromatic rings. The molecule has 92 valence electrons. The average molecular weight is 249 g/mol. The molecule has 0 aliphatic carbocycles. The van der Waals surface area contributed by atoms with Gasteiger partial charge in [0, 0.05) is 37.5 Å². The first kappa shape index (κ1) is 12.6. The summed E-state index contributed by atoms with van der Waals surface area (Å²) in [5.41, 5.74) is 3.10. The van der Waals surface area contributed by atoms with Crippen LogP contribution in [0, 0.1) is 12.3 Å². The number of likely N-dealkylation sites (tertiary alicyclic amines) is 1. The predicted molar refractivity (Wildman–Crippen MR) is 72.1 cm³/mol. The van der Waals surface area contributed by atoms with E-state index in [9.17, 15) is 0 Å². The van der Waals surface area contributed by atoms with E-state index in [1.54, 1.807) is 11.3 Å². The van der Waals surface area contributed by atoms with Gasteiger partial charge in [0.15, 0.2) is 0 Å². The van der Waals surface area contributed by atoms with Crippen LogP contribution >= 0.6 is 11.3 Å². The first-order chi connectivity index (χ1) is 8.38. The van der Waals surface area contributed by atoms with Crippen LogP contribution in [-0.2, 0) is 6.42 Å². The lowest BCUT2D eigenvalue weighted by molar-refractivity contribution is 0.218. The van der Waals surface area contributed by atoms with Crippen LogP contribution in [0.5, 0.6) is 0 Å². The highest BCUT2D eigenvalue weighted by atomic mass is 32.1. The van der Waals surface area contributed by atoms with Crippen molar-refractivity contribution in [3.05, 3.63) is 16.6 Å². The Kier molecular flexibility index (Phi) is 4.99. The predicted octanol–water partition coefficient (Wildman–Crippen LogP) is 1.37. The maximum atomic E-state index is 5.32. The highest BCUT2D eigenvalue weighted by Gasteiger charge is 2.17. The van der Waals surface area contributed by atoms with Crippen LogP contribution in [0.25, 0.3) is 0 Å². The Labute approximate surface area is 107 Å². The monoisotopic (exact) mass is 249 g/mol. The third kappa shape index (κ3) is 4.12. The molecule has 0 spiro atoms. The van der Waals surface area contributed by atoms with Gasteiger partial charge in [-0.15, -0.1) is 17.8 Å². The maximum Gasteiger partial charge on any atom is 0.0794 e. The van der Waals surface area contributed by atoms with Crippen LogP contribution in [0.4, 0.5) is 0 Å². The van der Waals surface area contributed by atoms with Gasteiger partial charge in [-0.25, -0.2) is 4.98 Å². The fourth-order valence-electron chi connectivity index (χ4n) is 2.19. The molecule has 1 aliphatic rings. The minimum atomic E-state index is 0.655. The van der Waals surface area contributed by atoms with Crippen molar-refractivity contribution in [3.8, 4) is 12.3 Å². The van der Waals surface area contributed by atoms with Crippen LogP contribution in [0.2, 0.25) is 0 Å². The molecule has 17 heavy (non-hydrogen) atoms. The number of rotatable bonds is 5. The fraction of sp³-hybridized carbons (Fsp3) is 0.615. The fourth-order valence-corrected chi connectivity index (χ4v) is 2.78. The summed E-state index contributed by atoms with van der Waals surface area (Å²) in [6, 6.07) is 0.655. The van der Waals surface area contributed by atoms with Crippen molar-refractivity contribution < 1.29 is 0 Å². The van der Waals surface area contributed by atoms with E-state index in [1.807, 2.05) is 5.51 Å². The number of thiazole rings is 1. The van der Waals surface area contributed by atoms with Crippen molar-refractivity contribution >= 4 is 11.3 Å². The third-order valence-corrected chi connectivity index (χ3v) is 3.84. The summed E-state index contributed by atoms with van der Waals surface area (Å²) in [5, 5.41) is 5.73. The van der Waals surface area contributed by atoms with Crippen molar-refractivity contribution in [1.82, 2.24) is 15.2 Å². The van der Waals surface area contributed by atoms with E-state index in [2.05, 4.69) is 26.5 Å². The average Bonchev–Trinajstić information content (AvgIpc) is 2.85. The Morgan fingerprint density at radius 3 is 3.00 bits per heavy atom.